The molecular formula is C5H12N2O2S. The Hall–Kier alpha value is -0.130. The third-order valence-electron chi connectivity index (χ3n) is 1.44. The maximum atomic E-state index is 10.6. The van der Waals surface area contributed by atoms with Crippen molar-refractivity contribution in [1.82, 2.24) is 10.0 Å². The second kappa shape index (κ2) is 2.86. The van der Waals surface area contributed by atoms with Crippen molar-refractivity contribution in [1.29, 1.82) is 0 Å². The molecule has 0 aromatic carbocycles. The fourth-order valence-corrected chi connectivity index (χ4v) is 1.86. The second-order valence-corrected chi connectivity index (χ2v) is 4.36. The highest BCUT2D eigenvalue weighted by atomic mass is 32.2. The maximum absolute atomic E-state index is 10.6. The van der Waals surface area contributed by atoms with E-state index < -0.39 is 10.0 Å². The van der Waals surface area contributed by atoms with Crippen molar-refractivity contribution >= 4 is 10.0 Å². The lowest BCUT2D eigenvalue weighted by molar-refractivity contribution is 0.566. The van der Waals surface area contributed by atoms with E-state index in [-0.39, 0.29) is 6.04 Å². The van der Waals surface area contributed by atoms with Crippen LogP contribution in [-0.2, 0) is 10.0 Å². The van der Waals surface area contributed by atoms with Gasteiger partial charge in [0.25, 0.3) is 0 Å². The first-order chi connectivity index (χ1) is 4.58. The summed E-state index contributed by atoms with van der Waals surface area (Å²) < 4.78 is 23.8. The van der Waals surface area contributed by atoms with Crippen LogP contribution in [0.25, 0.3) is 0 Å². The Kier molecular flexibility index (Phi) is 2.28. The minimum absolute atomic E-state index is 0.106. The maximum Gasteiger partial charge on any atom is 0.208 e. The molecule has 1 atom stereocenters. The predicted octanol–water partition coefficient (Wildman–Crippen LogP) is -1.10. The lowest BCUT2D eigenvalue weighted by atomic mass is 10.3. The molecule has 0 amide bonds. The zero-order valence-electron chi connectivity index (χ0n) is 5.92. The van der Waals surface area contributed by atoms with Crippen LogP contribution >= 0.6 is 0 Å². The van der Waals surface area contributed by atoms with Gasteiger partial charge < -0.3 is 5.32 Å². The highest BCUT2D eigenvalue weighted by molar-refractivity contribution is 7.88. The van der Waals surface area contributed by atoms with Gasteiger partial charge in [-0.25, -0.2) is 13.1 Å². The first kappa shape index (κ1) is 7.97. The zero-order chi connectivity index (χ0) is 7.61. The summed E-state index contributed by atoms with van der Waals surface area (Å²) in [7, 11) is -3.00. The number of hydrogen-bond donors (Lipinski definition) is 2. The van der Waals surface area contributed by atoms with Crippen molar-refractivity contribution < 1.29 is 8.42 Å². The number of sulfonamides is 1. The van der Waals surface area contributed by atoms with Crippen LogP contribution in [0, 0.1) is 0 Å². The standard InChI is InChI=1S/C5H12N2O2S/c1-10(8,9)7-5-2-3-6-4-5/h5-7H,2-4H2,1H3. The van der Waals surface area contributed by atoms with Crippen LogP contribution in [0.1, 0.15) is 6.42 Å². The summed E-state index contributed by atoms with van der Waals surface area (Å²) in [5.74, 6) is 0. The fraction of sp³-hybridized carbons (Fsp3) is 1.00. The van der Waals surface area contributed by atoms with Crippen molar-refractivity contribution in [2.75, 3.05) is 19.3 Å². The molecule has 0 aliphatic carbocycles. The van der Waals surface area contributed by atoms with Crippen LogP contribution in [0.15, 0.2) is 0 Å². The molecule has 1 unspecified atom stereocenters. The molecule has 0 spiro atoms. The first-order valence-electron chi connectivity index (χ1n) is 3.26. The summed E-state index contributed by atoms with van der Waals surface area (Å²) in [6, 6.07) is 0.106. The molecule has 60 valence electrons. The van der Waals surface area contributed by atoms with Crippen LogP contribution in [0.5, 0.6) is 0 Å². The molecule has 0 aromatic heterocycles. The molecule has 0 radical (unpaired) electrons. The first-order valence-corrected chi connectivity index (χ1v) is 5.15. The van der Waals surface area contributed by atoms with E-state index in [9.17, 15) is 8.42 Å². The van der Waals surface area contributed by atoms with Crippen molar-refractivity contribution in [2.24, 2.45) is 0 Å². The summed E-state index contributed by atoms with van der Waals surface area (Å²) in [6.45, 7) is 1.67. The summed E-state index contributed by atoms with van der Waals surface area (Å²) in [5.41, 5.74) is 0. The molecule has 1 heterocycles. The van der Waals surface area contributed by atoms with E-state index in [4.69, 9.17) is 0 Å². The van der Waals surface area contributed by atoms with Gasteiger partial charge in [-0.15, -0.1) is 0 Å². The molecule has 10 heavy (non-hydrogen) atoms. The highest BCUT2D eigenvalue weighted by Crippen LogP contribution is 1.97. The van der Waals surface area contributed by atoms with Crippen LogP contribution in [0.3, 0.4) is 0 Å². The highest BCUT2D eigenvalue weighted by Gasteiger charge is 2.17. The summed E-state index contributed by atoms with van der Waals surface area (Å²) >= 11 is 0. The van der Waals surface area contributed by atoms with Gasteiger partial charge in [0.1, 0.15) is 0 Å². The average molecular weight is 164 g/mol. The van der Waals surface area contributed by atoms with Crippen LogP contribution in [0.4, 0.5) is 0 Å². The van der Waals surface area contributed by atoms with Gasteiger partial charge in [-0.2, -0.15) is 0 Å². The zero-order valence-corrected chi connectivity index (χ0v) is 6.74. The molecule has 1 aliphatic rings. The van der Waals surface area contributed by atoms with E-state index in [0.717, 1.165) is 19.5 Å². The minimum Gasteiger partial charge on any atom is -0.315 e. The van der Waals surface area contributed by atoms with E-state index in [1.54, 1.807) is 0 Å². The van der Waals surface area contributed by atoms with Crippen LogP contribution in [-0.4, -0.2) is 33.8 Å². The van der Waals surface area contributed by atoms with Gasteiger partial charge in [0.2, 0.25) is 10.0 Å². The van der Waals surface area contributed by atoms with Crippen molar-refractivity contribution in [3.8, 4) is 0 Å². The average Bonchev–Trinajstić information content (AvgIpc) is 2.12. The smallest absolute Gasteiger partial charge is 0.208 e. The summed E-state index contributed by atoms with van der Waals surface area (Å²) in [5, 5.41) is 3.07. The van der Waals surface area contributed by atoms with Gasteiger partial charge in [0, 0.05) is 12.6 Å². The number of rotatable bonds is 2. The Morgan fingerprint density at radius 1 is 1.60 bits per heavy atom. The van der Waals surface area contributed by atoms with E-state index >= 15 is 0 Å². The van der Waals surface area contributed by atoms with Gasteiger partial charge in [0.05, 0.1) is 6.26 Å². The molecule has 2 N–H and O–H groups in total. The van der Waals surface area contributed by atoms with Gasteiger partial charge in [0.15, 0.2) is 0 Å². The number of hydrogen-bond acceptors (Lipinski definition) is 3. The summed E-state index contributed by atoms with van der Waals surface area (Å²) in [4.78, 5) is 0. The largest absolute Gasteiger partial charge is 0.315 e. The lowest BCUT2D eigenvalue weighted by Gasteiger charge is -2.07. The van der Waals surface area contributed by atoms with Crippen LogP contribution < -0.4 is 10.0 Å². The molecule has 5 heteroatoms. The molecule has 4 nitrogen and oxygen atoms in total. The molecule has 0 aromatic rings. The SMILES string of the molecule is CS(=O)(=O)NC1CCNC1. The van der Waals surface area contributed by atoms with Gasteiger partial charge >= 0.3 is 0 Å². The molecule has 1 rings (SSSR count). The fourth-order valence-electron chi connectivity index (χ4n) is 1.06. The molecule has 0 bridgehead atoms. The Morgan fingerprint density at radius 3 is 2.70 bits per heavy atom. The third kappa shape index (κ3) is 2.64. The van der Waals surface area contributed by atoms with Crippen molar-refractivity contribution in [2.45, 2.75) is 12.5 Å². The Balaban J connectivity index is 2.38. The quantitative estimate of drug-likeness (QED) is 0.544. The van der Waals surface area contributed by atoms with Crippen LogP contribution in [0.2, 0.25) is 0 Å². The normalized spacial score (nSPS) is 27.1. The van der Waals surface area contributed by atoms with Crippen molar-refractivity contribution in [3.63, 3.8) is 0 Å². The number of nitrogens with one attached hydrogen (secondary N) is 2. The Bertz CT molecular complexity index is 194. The van der Waals surface area contributed by atoms with Crippen molar-refractivity contribution in [3.05, 3.63) is 0 Å². The molecule has 1 aliphatic heterocycles. The Morgan fingerprint density at radius 2 is 2.30 bits per heavy atom. The van der Waals surface area contributed by atoms with Gasteiger partial charge in [-0.3, -0.25) is 0 Å². The second-order valence-electron chi connectivity index (χ2n) is 2.58. The monoisotopic (exact) mass is 164 g/mol. The predicted molar refractivity (Wildman–Crippen MR) is 39.3 cm³/mol. The Labute approximate surface area is 61.1 Å². The van der Waals surface area contributed by atoms with Gasteiger partial charge in [-0.05, 0) is 13.0 Å². The minimum atomic E-state index is -3.00. The lowest BCUT2D eigenvalue weighted by Crippen LogP contribution is -2.35. The van der Waals surface area contributed by atoms with E-state index in [1.165, 1.54) is 6.26 Å². The van der Waals surface area contributed by atoms with E-state index in [2.05, 4.69) is 10.0 Å². The molecular weight excluding hydrogens is 152 g/mol. The van der Waals surface area contributed by atoms with E-state index in [1.807, 2.05) is 0 Å². The van der Waals surface area contributed by atoms with E-state index in [0.29, 0.717) is 0 Å². The third-order valence-corrected chi connectivity index (χ3v) is 2.20. The molecule has 1 fully saturated rings. The molecule has 1 saturated heterocycles. The topological polar surface area (TPSA) is 58.2 Å². The molecule has 0 saturated carbocycles. The van der Waals surface area contributed by atoms with Gasteiger partial charge in [-0.1, -0.05) is 0 Å². The summed E-state index contributed by atoms with van der Waals surface area (Å²) in [6.07, 6.45) is 2.08.